The van der Waals surface area contributed by atoms with Gasteiger partial charge in [0.15, 0.2) is 5.96 Å². The first-order chi connectivity index (χ1) is 14.1. The van der Waals surface area contributed by atoms with Crippen LogP contribution in [-0.4, -0.2) is 58.1 Å². The third-order valence-corrected chi connectivity index (χ3v) is 7.45. The van der Waals surface area contributed by atoms with Gasteiger partial charge in [-0.1, -0.05) is 12.1 Å². The first-order valence-corrected chi connectivity index (χ1v) is 12.2. The summed E-state index contributed by atoms with van der Waals surface area (Å²) < 4.78 is 27.2. The molecule has 0 aliphatic carbocycles. The highest BCUT2D eigenvalue weighted by Crippen LogP contribution is 2.17. The van der Waals surface area contributed by atoms with Crippen molar-refractivity contribution in [2.75, 3.05) is 37.6 Å². The molecule has 2 aromatic rings. The molecule has 30 heavy (non-hydrogen) atoms. The minimum atomic E-state index is -3.44. The monoisotopic (exact) mass is 564 g/mol. The van der Waals surface area contributed by atoms with Gasteiger partial charge in [0, 0.05) is 38.4 Å². The number of aliphatic imine (C=N–C) groups is 1. The highest BCUT2D eigenvalue weighted by molar-refractivity contribution is 14.0. The minimum absolute atomic E-state index is 0. The fourth-order valence-corrected chi connectivity index (χ4v) is 5.20. The largest absolute Gasteiger partial charge is 0.357 e. The van der Waals surface area contributed by atoms with Gasteiger partial charge in [0.25, 0.3) is 0 Å². The van der Waals surface area contributed by atoms with E-state index in [-0.39, 0.29) is 30.5 Å². The number of pyridine rings is 1. The Kier molecular flexibility index (Phi) is 10.3. The number of sulfonamides is 1. The van der Waals surface area contributed by atoms with Crippen LogP contribution in [0.5, 0.6) is 0 Å². The first kappa shape index (κ1) is 24.8. The van der Waals surface area contributed by atoms with Crippen molar-refractivity contribution < 1.29 is 8.42 Å². The average molecular weight is 565 g/mol. The maximum atomic E-state index is 12.1. The number of halogens is 1. The molecule has 3 rings (SSSR count). The molecule has 1 aliphatic rings. The van der Waals surface area contributed by atoms with E-state index >= 15 is 0 Å². The summed E-state index contributed by atoms with van der Waals surface area (Å²) in [5, 5.41) is 8.46. The molecule has 1 fully saturated rings. The van der Waals surface area contributed by atoms with Crippen molar-refractivity contribution in [3.8, 4) is 0 Å². The van der Waals surface area contributed by atoms with Gasteiger partial charge in [-0.15, -0.1) is 35.3 Å². The van der Waals surface area contributed by atoms with Gasteiger partial charge in [0.1, 0.15) is 10.0 Å². The highest BCUT2D eigenvalue weighted by Gasteiger charge is 2.20. The predicted molar refractivity (Wildman–Crippen MR) is 134 cm³/mol. The van der Waals surface area contributed by atoms with Gasteiger partial charge in [-0.3, -0.25) is 4.99 Å². The van der Waals surface area contributed by atoms with Crippen LogP contribution in [0.4, 0.5) is 5.82 Å². The second kappa shape index (κ2) is 12.4. The van der Waals surface area contributed by atoms with E-state index in [1.54, 1.807) is 17.5 Å². The van der Waals surface area contributed by atoms with Gasteiger partial charge in [-0.2, -0.15) is 0 Å². The molecule has 2 aromatic heterocycles. The SMILES string of the molecule is CCNC(=NCCNS(=O)(=O)c1cccs1)NC1CCN(c2ccccn2)CC1.I. The van der Waals surface area contributed by atoms with Gasteiger partial charge < -0.3 is 15.5 Å². The van der Waals surface area contributed by atoms with Crippen LogP contribution < -0.4 is 20.3 Å². The zero-order chi connectivity index (χ0) is 20.5. The van der Waals surface area contributed by atoms with Crippen molar-refractivity contribution in [2.45, 2.75) is 30.0 Å². The topological polar surface area (TPSA) is 98.7 Å². The number of piperidine rings is 1. The van der Waals surface area contributed by atoms with Gasteiger partial charge >= 0.3 is 0 Å². The molecule has 1 aliphatic heterocycles. The lowest BCUT2D eigenvalue weighted by molar-refractivity contribution is 0.459. The van der Waals surface area contributed by atoms with E-state index < -0.39 is 10.0 Å². The van der Waals surface area contributed by atoms with E-state index in [0.717, 1.165) is 44.3 Å². The molecule has 3 N–H and O–H groups in total. The smallest absolute Gasteiger partial charge is 0.250 e. The summed E-state index contributed by atoms with van der Waals surface area (Å²) >= 11 is 1.20. The molecule has 166 valence electrons. The zero-order valence-electron chi connectivity index (χ0n) is 17.0. The fraction of sp³-hybridized carbons (Fsp3) is 0.474. The number of guanidine groups is 1. The van der Waals surface area contributed by atoms with E-state index in [9.17, 15) is 8.42 Å². The lowest BCUT2D eigenvalue weighted by Crippen LogP contribution is -2.49. The van der Waals surface area contributed by atoms with Gasteiger partial charge in [-0.25, -0.2) is 18.1 Å². The summed E-state index contributed by atoms with van der Waals surface area (Å²) in [5.41, 5.74) is 0. The fourth-order valence-electron chi connectivity index (χ4n) is 3.14. The molecule has 0 bridgehead atoms. The van der Waals surface area contributed by atoms with Crippen molar-refractivity contribution in [1.29, 1.82) is 0 Å². The number of hydrogen-bond acceptors (Lipinski definition) is 6. The van der Waals surface area contributed by atoms with E-state index in [2.05, 4.69) is 30.2 Å². The highest BCUT2D eigenvalue weighted by atomic mass is 127. The Labute approximate surface area is 199 Å². The van der Waals surface area contributed by atoms with Crippen LogP contribution in [-0.2, 0) is 10.0 Å². The Morgan fingerprint density at radius 1 is 1.27 bits per heavy atom. The second-order valence-electron chi connectivity index (χ2n) is 6.68. The molecule has 0 saturated carbocycles. The Hall–Kier alpha value is -1.44. The zero-order valence-corrected chi connectivity index (χ0v) is 20.9. The van der Waals surface area contributed by atoms with E-state index in [1.165, 1.54) is 11.3 Å². The third kappa shape index (κ3) is 7.36. The molecule has 11 heteroatoms. The van der Waals surface area contributed by atoms with Crippen molar-refractivity contribution in [2.24, 2.45) is 4.99 Å². The van der Waals surface area contributed by atoms with Gasteiger partial charge in [0.2, 0.25) is 10.0 Å². The number of thiophene rings is 1. The standard InChI is InChI=1S/C19H28N6O2S2.HI/c1-2-20-19(22-11-12-23-29(26,27)18-7-5-15-28-18)24-16-8-13-25(14-9-16)17-6-3-4-10-21-17;/h3-7,10,15-16,23H,2,8-9,11-14H2,1H3,(H2,20,22,24);1H. The van der Waals surface area contributed by atoms with E-state index in [4.69, 9.17) is 0 Å². The Balaban J connectivity index is 0.00000320. The molecular formula is C19H29IN6O2S2. The molecule has 1 saturated heterocycles. The summed E-state index contributed by atoms with van der Waals surface area (Å²) in [5.74, 6) is 1.74. The normalized spacial score (nSPS) is 15.5. The summed E-state index contributed by atoms with van der Waals surface area (Å²) in [4.78, 5) is 11.2. The number of rotatable bonds is 8. The number of aromatic nitrogens is 1. The lowest BCUT2D eigenvalue weighted by Gasteiger charge is -2.33. The van der Waals surface area contributed by atoms with Crippen molar-refractivity contribution >= 4 is 57.1 Å². The Morgan fingerprint density at radius 3 is 2.70 bits per heavy atom. The number of nitrogens with zero attached hydrogens (tertiary/aromatic N) is 3. The third-order valence-electron chi connectivity index (χ3n) is 4.59. The number of anilines is 1. The van der Waals surface area contributed by atoms with E-state index in [0.29, 0.717) is 16.8 Å². The van der Waals surface area contributed by atoms with Crippen LogP contribution >= 0.6 is 35.3 Å². The molecule has 0 radical (unpaired) electrons. The van der Waals surface area contributed by atoms with Crippen molar-refractivity contribution in [3.05, 3.63) is 41.9 Å². The Morgan fingerprint density at radius 2 is 2.07 bits per heavy atom. The Bertz CT molecular complexity index is 870. The van der Waals surface area contributed by atoms with Crippen LogP contribution in [0, 0.1) is 0 Å². The summed E-state index contributed by atoms with van der Waals surface area (Å²) in [6, 6.07) is 9.63. The predicted octanol–water partition coefficient (Wildman–Crippen LogP) is 2.26. The maximum absolute atomic E-state index is 12.1. The molecule has 0 atom stereocenters. The molecular weight excluding hydrogens is 535 g/mol. The quantitative estimate of drug-likeness (QED) is 0.197. The number of hydrogen-bond donors (Lipinski definition) is 3. The van der Waals surface area contributed by atoms with Crippen LogP contribution in [0.2, 0.25) is 0 Å². The summed E-state index contributed by atoms with van der Waals surface area (Å²) in [7, 11) is -3.44. The lowest BCUT2D eigenvalue weighted by atomic mass is 10.1. The minimum Gasteiger partial charge on any atom is -0.357 e. The molecule has 0 spiro atoms. The maximum Gasteiger partial charge on any atom is 0.250 e. The molecule has 0 aromatic carbocycles. The number of nitrogens with one attached hydrogen (secondary N) is 3. The first-order valence-electron chi connectivity index (χ1n) is 9.82. The van der Waals surface area contributed by atoms with Gasteiger partial charge in [-0.05, 0) is 43.3 Å². The van der Waals surface area contributed by atoms with Crippen LogP contribution in [0.3, 0.4) is 0 Å². The molecule has 3 heterocycles. The summed E-state index contributed by atoms with van der Waals surface area (Å²) in [6.45, 7) is 5.27. The van der Waals surface area contributed by atoms with Crippen molar-refractivity contribution in [3.63, 3.8) is 0 Å². The van der Waals surface area contributed by atoms with Crippen LogP contribution in [0.1, 0.15) is 19.8 Å². The molecule has 8 nitrogen and oxygen atoms in total. The van der Waals surface area contributed by atoms with Crippen LogP contribution in [0.25, 0.3) is 0 Å². The summed E-state index contributed by atoms with van der Waals surface area (Å²) in [6.07, 6.45) is 3.81. The second-order valence-corrected chi connectivity index (χ2v) is 9.63. The van der Waals surface area contributed by atoms with Crippen molar-refractivity contribution in [1.82, 2.24) is 20.3 Å². The van der Waals surface area contributed by atoms with Crippen LogP contribution in [0.15, 0.2) is 51.1 Å². The molecule has 0 amide bonds. The average Bonchev–Trinajstić information content (AvgIpc) is 3.29. The van der Waals surface area contributed by atoms with E-state index in [1.807, 2.05) is 31.3 Å². The van der Waals surface area contributed by atoms with Gasteiger partial charge in [0.05, 0.1) is 6.54 Å². The molecule has 0 unspecified atom stereocenters.